The van der Waals surface area contributed by atoms with E-state index in [2.05, 4.69) is 9.97 Å². The van der Waals surface area contributed by atoms with Crippen molar-refractivity contribution >= 4 is 11.2 Å². The summed E-state index contributed by atoms with van der Waals surface area (Å²) in [5.41, 5.74) is 8.46. The van der Waals surface area contributed by atoms with Crippen molar-refractivity contribution in [1.82, 2.24) is 14.5 Å². The maximum atomic E-state index is 5.46. The van der Waals surface area contributed by atoms with Crippen LogP contribution in [0, 0.1) is 0 Å². The van der Waals surface area contributed by atoms with Crippen molar-refractivity contribution in [2.45, 2.75) is 6.42 Å². The van der Waals surface area contributed by atoms with Crippen LogP contribution in [0.4, 0.5) is 0 Å². The van der Waals surface area contributed by atoms with Crippen molar-refractivity contribution < 1.29 is 0 Å². The minimum atomic E-state index is 0.653. The van der Waals surface area contributed by atoms with Crippen molar-refractivity contribution in [1.29, 1.82) is 0 Å². The molecule has 0 aliphatic heterocycles. The molecule has 0 bridgehead atoms. The summed E-state index contributed by atoms with van der Waals surface area (Å²) in [6, 6.07) is 2.04. The monoisotopic (exact) mass is 176 g/mol. The topological polar surface area (TPSA) is 56.7 Å². The molecule has 2 rings (SSSR count). The van der Waals surface area contributed by atoms with E-state index in [0.29, 0.717) is 6.54 Å². The van der Waals surface area contributed by atoms with Gasteiger partial charge in [-0.3, -0.25) is 0 Å². The number of hydrogen-bond acceptors (Lipinski definition) is 3. The molecule has 0 amide bonds. The zero-order valence-electron chi connectivity index (χ0n) is 7.57. The van der Waals surface area contributed by atoms with E-state index >= 15 is 0 Å². The first-order valence-corrected chi connectivity index (χ1v) is 4.27. The molecule has 68 valence electrons. The molecule has 2 aromatic rings. The zero-order valence-corrected chi connectivity index (χ0v) is 7.57. The fraction of sp³-hybridized carbons (Fsp3) is 0.333. The lowest BCUT2D eigenvalue weighted by Gasteiger charge is -1.97. The summed E-state index contributed by atoms with van der Waals surface area (Å²) in [7, 11) is 1.94. The Hall–Kier alpha value is -1.42. The van der Waals surface area contributed by atoms with Crippen molar-refractivity contribution in [3.63, 3.8) is 0 Å². The first-order valence-electron chi connectivity index (χ1n) is 4.27. The van der Waals surface area contributed by atoms with Gasteiger partial charge in [-0.05, 0) is 24.6 Å². The van der Waals surface area contributed by atoms with Crippen LogP contribution >= 0.6 is 0 Å². The molecule has 0 spiro atoms. The number of nitrogens with zero attached hydrogens (tertiary/aromatic N) is 3. The van der Waals surface area contributed by atoms with Crippen LogP contribution in [0.25, 0.3) is 11.2 Å². The minimum Gasteiger partial charge on any atom is -0.330 e. The van der Waals surface area contributed by atoms with Gasteiger partial charge in [0.2, 0.25) is 0 Å². The van der Waals surface area contributed by atoms with E-state index in [1.807, 2.05) is 23.9 Å². The highest BCUT2D eigenvalue weighted by atomic mass is 15.1. The van der Waals surface area contributed by atoms with Crippen LogP contribution in [0.15, 0.2) is 18.6 Å². The molecular weight excluding hydrogens is 164 g/mol. The molecule has 2 aromatic heterocycles. The molecule has 13 heavy (non-hydrogen) atoms. The first kappa shape index (κ1) is 8.19. The third kappa shape index (κ3) is 1.40. The quantitative estimate of drug-likeness (QED) is 0.723. The van der Waals surface area contributed by atoms with Gasteiger partial charge in [0.1, 0.15) is 5.52 Å². The SMILES string of the molecule is Cn1cnc2cc(CCN)cnc21. The average molecular weight is 176 g/mol. The van der Waals surface area contributed by atoms with Gasteiger partial charge >= 0.3 is 0 Å². The number of nitrogens with two attached hydrogens (primary N) is 1. The van der Waals surface area contributed by atoms with E-state index in [9.17, 15) is 0 Å². The van der Waals surface area contributed by atoms with E-state index in [4.69, 9.17) is 5.73 Å². The Labute approximate surface area is 76.4 Å². The molecule has 2 N–H and O–H groups in total. The minimum absolute atomic E-state index is 0.653. The van der Waals surface area contributed by atoms with Crippen LogP contribution in [0.3, 0.4) is 0 Å². The number of pyridine rings is 1. The van der Waals surface area contributed by atoms with Crippen LogP contribution in [-0.4, -0.2) is 21.1 Å². The Morgan fingerprint density at radius 3 is 3.08 bits per heavy atom. The third-order valence-corrected chi connectivity index (χ3v) is 2.04. The van der Waals surface area contributed by atoms with Crippen molar-refractivity contribution in [2.24, 2.45) is 12.8 Å². The summed E-state index contributed by atoms with van der Waals surface area (Å²) < 4.78 is 1.90. The number of hydrogen-bond donors (Lipinski definition) is 1. The molecule has 4 heteroatoms. The zero-order chi connectivity index (χ0) is 9.26. The van der Waals surface area contributed by atoms with E-state index in [1.54, 1.807) is 6.33 Å². The number of imidazole rings is 1. The molecule has 4 nitrogen and oxygen atoms in total. The predicted octanol–water partition coefficient (Wildman–Crippen LogP) is 0.469. The smallest absolute Gasteiger partial charge is 0.159 e. The largest absolute Gasteiger partial charge is 0.330 e. The fourth-order valence-corrected chi connectivity index (χ4v) is 1.36. The van der Waals surface area contributed by atoms with Crippen molar-refractivity contribution in [3.05, 3.63) is 24.2 Å². The van der Waals surface area contributed by atoms with Gasteiger partial charge in [-0.25, -0.2) is 9.97 Å². The second kappa shape index (κ2) is 3.14. The van der Waals surface area contributed by atoms with E-state index in [-0.39, 0.29) is 0 Å². The van der Waals surface area contributed by atoms with Crippen molar-refractivity contribution in [3.8, 4) is 0 Å². The standard InChI is InChI=1S/C9H12N4/c1-13-6-12-8-4-7(2-3-10)5-11-9(8)13/h4-6H,2-3,10H2,1H3. The maximum absolute atomic E-state index is 5.46. The van der Waals surface area contributed by atoms with Gasteiger partial charge in [0.15, 0.2) is 5.65 Å². The first-order chi connectivity index (χ1) is 6.31. The van der Waals surface area contributed by atoms with Gasteiger partial charge in [0, 0.05) is 13.2 Å². The molecule has 0 saturated heterocycles. The summed E-state index contributed by atoms with van der Waals surface area (Å²) >= 11 is 0. The molecule has 0 fully saturated rings. The van der Waals surface area contributed by atoms with Crippen LogP contribution in [0.5, 0.6) is 0 Å². The Morgan fingerprint density at radius 1 is 1.46 bits per heavy atom. The van der Waals surface area contributed by atoms with Crippen LogP contribution in [-0.2, 0) is 13.5 Å². The lowest BCUT2D eigenvalue weighted by atomic mass is 10.2. The predicted molar refractivity (Wildman–Crippen MR) is 51.3 cm³/mol. The van der Waals surface area contributed by atoms with Gasteiger partial charge in [-0.1, -0.05) is 0 Å². The van der Waals surface area contributed by atoms with Crippen molar-refractivity contribution in [2.75, 3.05) is 6.54 Å². The highest BCUT2D eigenvalue weighted by Crippen LogP contribution is 2.10. The van der Waals surface area contributed by atoms with Gasteiger partial charge in [-0.2, -0.15) is 0 Å². The summed E-state index contributed by atoms with van der Waals surface area (Å²) in [5.74, 6) is 0. The van der Waals surface area contributed by atoms with Crippen LogP contribution < -0.4 is 5.73 Å². The number of aromatic nitrogens is 3. The van der Waals surface area contributed by atoms with Gasteiger partial charge in [0.25, 0.3) is 0 Å². The number of fused-ring (bicyclic) bond motifs is 1. The van der Waals surface area contributed by atoms with Crippen LogP contribution in [0.1, 0.15) is 5.56 Å². The second-order valence-electron chi connectivity index (χ2n) is 3.08. The molecule has 0 aromatic carbocycles. The van der Waals surface area contributed by atoms with E-state index in [0.717, 1.165) is 23.1 Å². The molecule has 0 aliphatic rings. The molecule has 0 saturated carbocycles. The lowest BCUT2D eigenvalue weighted by molar-refractivity contribution is 0.925. The normalized spacial score (nSPS) is 10.9. The Morgan fingerprint density at radius 2 is 2.31 bits per heavy atom. The fourth-order valence-electron chi connectivity index (χ4n) is 1.36. The highest BCUT2D eigenvalue weighted by molar-refractivity contribution is 5.70. The molecule has 0 atom stereocenters. The summed E-state index contributed by atoms with van der Waals surface area (Å²) in [4.78, 5) is 8.53. The Balaban J connectivity index is 2.50. The molecule has 0 aliphatic carbocycles. The maximum Gasteiger partial charge on any atom is 0.159 e. The molecule has 2 heterocycles. The Kier molecular flexibility index (Phi) is 1.98. The Bertz CT molecular complexity index is 418. The average Bonchev–Trinajstić information content (AvgIpc) is 2.48. The lowest BCUT2D eigenvalue weighted by Crippen LogP contribution is -2.03. The van der Waals surface area contributed by atoms with E-state index in [1.165, 1.54) is 0 Å². The summed E-state index contributed by atoms with van der Waals surface area (Å²) in [6.45, 7) is 0.653. The van der Waals surface area contributed by atoms with E-state index < -0.39 is 0 Å². The second-order valence-corrected chi connectivity index (χ2v) is 3.08. The molecule has 0 unspecified atom stereocenters. The van der Waals surface area contributed by atoms with Crippen LogP contribution in [0.2, 0.25) is 0 Å². The third-order valence-electron chi connectivity index (χ3n) is 2.04. The number of rotatable bonds is 2. The highest BCUT2D eigenvalue weighted by Gasteiger charge is 2.01. The van der Waals surface area contributed by atoms with Gasteiger partial charge in [-0.15, -0.1) is 0 Å². The number of aryl methyl sites for hydroxylation is 1. The summed E-state index contributed by atoms with van der Waals surface area (Å²) in [5, 5.41) is 0. The summed E-state index contributed by atoms with van der Waals surface area (Å²) in [6.07, 6.45) is 4.49. The molecular formula is C9H12N4. The van der Waals surface area contributed by atoms with Gasteiger partial charge < -0.3 is 10.3 Å². The molecule has 0 radical (unpaired) electrons. The van der Waals surface area contributed by atoms with Gasteiger partial charge in [0.05, 0.1) is 6.33 Å².